The van der Waals surface area contributed by atoms with Gasteiger partial charge in [0.2, 0.25) is 0 Å². The highest BCUT2D eigenvalue weighted by molar-refractivity contribution is 9.10. The van der Waals surface area contributed by atoms with Crippen LogP contribution in [0.25, 0.3) is 0 Å². The summed E-state index contributed by atoms with van der Waals surface area (Å²) in [4.78, 5) is 0. The summed E-state index contributed by atoms with van der Waals surface area (Å²) in [5.41, 5.74) is -0.218. The van der Waals surface area contributed by atoms with Crippen molar-refractivity contribution in [1.82, 2.24) is 9.78 Å². The van der Waals surface area contributed by atoms with E-state index in [4.69, 9.17) is 0 Å². The molecule has 3 nitrogen and oxygen atoms in total. The summed E-state index contributed by atoms with van der Waals surface area (Å²) in [6, 6.07) is 3.96. The third-order valence-electron chi connectivity index (χ3n) is 2.27. The molecule has 0 aliphatic heterocycles. The monoisotopic (exact) mass is 319 g/mol. The predicted molar refractivity (Wildman–Crippen MR) is 65.6 cm³/mol. The molecular weight excluding hydrogens is 311 g/mol. The maximum atomic E-state index is 12.9. The maximum Gasteiger partial charge on any atom is 0.418 e. The van der Waals surface area contributed by atoms with Crippen LogP contribution in [0.15, 0.2) is 35.1 Å². The van der Waals surface area contributed by atoms with Crippen molar-refractivity contribution in [1.29, 1.82) is 0 Å². The number of hydrogen-bond donors (Lipinski definition) is 1. The van der Waals surface area contributed by atoms with Gasteiger partial charge < -0.3 is 5.32 Å². The minimum absolute atomic E-state index is 0.00120. The Morgan fingerprint density at radius 3 is 2.61 bits per heavy atom. The number of anilines is 2. The van der Waals surface area contributed by atoms with E-state index in [1.54, 1.807) is 19.3 Å². The van der Waals surface area contributed by atoms with Crippen molar-refractivity contribution < 1.29 is 13.2 Å². The minimum atomic E-state index is -4.41. The highest BCUT2D eigenvalue weighted by Crippen LogP contribution is 2.37. The molecule has 0 spiro atoms. The molecule has 2 rings (SSSR count). The predicted octanol–water partition coefficient (Wildman–Crippen LogP) is 3.95. The van der Waals surface area contributed by atoms with E-state index < -0.39 is 11.7 Å². The van der Waals surface area contributed by atoms with Crippen LogP contribution < -0.4 is 5.32 Å². The van der Waals surface area contributed by atoms with Gasteiger partial charge in [0.1, 0.15) is 0 Å². The standard InChI is InChI=1S/C11H9BrF3N3/c1-18-6-8(5-16-18)17-10-3-2-7(12)4-9(10)11(13,14)15/h2-6,17H,1H3. The Balaban J connectivity index is 2.38. The molecule has 0 bridgehead atoms. The molecular formula is C11H9BrF3N3. The topological polar surface area (TPSA) is 29.9 Å². The molecule has 96 valence electrons. The number of benzene rings is 1. The van der Waals surface area contributed by atoms with Crippen LogP contribution in [0.2, 0.25) is 0 Å². The van der Waals surface area contributed by atoms with Gasteiger partial charge in [0.15, 0.2) is 0 Å². The second-order valence-corrected chi connectivity index (χ2v) is 4.63. The molecule has 0 fully saturated rings. The Hall–Kier alpha value is -1.50. The van der Waals surface area contributed by atoms with Gasteiger partial charge in [-0.1, -0.05) is 15.9 Å². The first-order valence-corrected chi connectivity index (χ1v) is 5.78. The van der Waals surface area contributed by atoms with Gasteiger partial charge in [0, 0.05) is 17.7 Å². The zero-order valence-corrected chi connectivity index (χ0v) is 10.9. The highest BCUT2D eigenvalue weighted by atomic mass is 79.9. The zero-order valence-electron chi connectivity index (χ0n) is 9.29. The molecule has 1 aromatic heterocycles. The summed E-state index contributed by atoms with van der Waals surface area (Å²) in [5, 5.41) is 6.59. The molecule has 1 aromatic carbocycles. The smallest absolute Gasteiger partial charge is 0.352 e. The lowest BCUT2D eigenvalue weighted by atomic mass is 10.1. The number of aromatic nitrogens is 2. The van der Waals surface area contributed by atoms with Gasteiger partial charge in [0.05, 0.1) is 23.1 Å². The van der Waals surface area contributed by atoms with Crippen molar-refractivity contribution in [3.8, 4) is 0 Å². The average molecular weight is 320 g/mol. The second kappa shape index (κ2) is 4.64. The summed E-state index contributed by atoms with van der Waals surface area (Å²) >= 11 is 3.03. The van der Waals surface area contributed by atoms with Crippen molar-refractivity contribution in [2.24, 2.45) is 7.05 Å². The summed E-state index contributed by atoms with van der Waals surface area (Å²) in [6.45, 7) is 0. The molecule has 0 amide bonds. The number of nitrogens with one attached hydrogen (secondary N) is 1. The lowest BCUT2D eigenvalue weighted by molar-refractivity contribution is -0.137. The van der Waals surface area contributed by atoms with Crippen molar-refractivity contribution in [2.45, 2.75) is 6.18 Å². The number of alkyl halides is 3. The van der Waals surface area contributed by atoms with Crippen LogP contribution in [0.1, 0.15) is 5.56 Å². The Bertz CT molecular complexity index is 563. The number of nitrogens with zero attached hydrogens (tertiary/aromatic N) is 2. The van der Waals surface area contributed by atoms with E-state index in [-0.39, 0.29) is 5.69 Å². The molecule has 2 aromatic rings. The number of hydrogen-bond acceptors (Lipinski definition) is 2. The molecule has 0 aliphatic carbocycles. The van der Waals surface area contributed by atoms with E-state index in [1.165, 1.54) is 16.9 Å². The van der Waals surface area contributed by atoms with Gasteiger partial charge in [-0.3, -0.25) is 4.68 Å². The molecule has 7 heteroatoms. The molecule has 0 radical (unpaired) electrons. The van der Waals surface area contributed by atoms with Crippen LogP contribution in [-0.4, -0.2) is 9.78 Å². The normalized spacial score (nSPS) is 11.6. The lowest BCUT2D eigenvalue weighted by Crippen LogP contribution is -2.08. The number of rotatable bonds is 2. The van der Waals surface area contributed by atoms with E-state index in [9.17, 15) is 13.2 Å². The number of halogens is 4. The van der Waals surface area contributed by atoms with Crippen LogP contribution in [-0.2, 0) is 13.2 Å². The van der Waals surface area contributed by atoms with Crippen molar-refractivity contribution in [3.05, 3.63) is 40.6 Å². The summed E-state index contributed by atoms with van der Waals surface area (Å²) in [7, 11) is 1.69. The third kappa shape index (κ3) is 2.84. The Labute approximate surface area is 110 Å². The minimum Gasteiger partial charge on any atom is -0.352 e. The third-order valence-corrected chi connectivity index (χ3v) is 2.76. The Morgan fingerprint density at radius 2 is 2.06 bits per heavy atom. The first-order valence-electron chi connectivity index (χ1n) is 4.98. The fourth-order valence-corrected chi connectivity index (χ4v) is 1.86. The molecule has 0 saturated heterocycles. The van der Waals surface area contributed by atoms with Crippen LogP contribution in [0, 0.1) is 0 Å². The van der Waals surface area contributed by atoms with Crippen LogP contribution >= 0.6 is 15.9 Å². The summed E-state index contributed by atoms with van der Waals surface area (Å²) in [5.74, 6) is 0. The molecule has 0 atom stereocenters. The van der Waals surface area contributed by atoms with Crippen molar-refractivity contribution >= 4 is 27.3 Å². The zero-order chi connectivity index (χ0) is 13.3. The van der Waals surface area contributed by atoms with Gasteiger partial charge in [-0.2, -0.15) is 18.3 Å². The second-order valence-electron chi connectivity index (χ2n) is 3.72. The van der Waals surface area contributed by atoms with Crippen LogP contribution in [0.5, 0.6) is 0 Å². The quantitative estimate of drug-likeness (QED) is 0.908. The first-order chi connectivity index (χ1) is 8.36. The molecule has 0 unspecified atom stereocenters. The van der Waals surface area contributed by atoms with E-state index >= 15 is 0 Å². The number of aryl methyl sites for hydroxylation is 1. The van der Waals surface area contributed by atoms with Gasteiger partial charge in [-0.05, 0) is 18.2 Å². The van der Waals surface area contributed by atoms with E-state index in [1.807, 2.05) is 0 Å². The first kappa shape index (κ1) is 12.9. The molecule has 0 saturated carbocycles. The largest absolute Gasteiger partial charge is 0.418 e. The fraction of sp³-hybridized carbons (Fsp3) is 0.182. The Kier molecular flexibility index (Phi) is 3.34. The highest BCUT2D eigenvalue weighted by Gasteiger charge is 2.33. The maximum absolute atomic E-state index is 12.9. The van der Waals surface area contributed by atoms with Crippen LogP contribution in [0.4, 0.5) is 24.5 Å². The summed E-state index contributed by atoms with van der Waals surface area (Å²) < 4.78 is 40.5. The average Bonchev–Trinajstić information content (AvgIpc) is 2.65. The Morgan fingerprint density at radius 1 is 1.33 bits per heavy atom. The fourth-order valence-electron chi connectivity index (χ4n) is 1.50. The van der Waals surface area contributed by atoms with E-state index in [0.717, 1.165) is 6.07 Å². The van der Waals surface area contributed by atoms with Crippen molar-refractivity contribution in [3.63, 3.8) is 0 Å². The van der Waals surface area contributed by atoms with E-state index in [0.29, 0.717) is 10.2 Å². The van der Waals surface area contributed by atoms with Gasteiger partial charge in [-0.25, -0.2) is 0 Å². The SMILES string of the molecule is Cn1cc(Nc2ccc(Br)cc2C(F)(F)F)cn1. The van der Waals surface area contributed by atoms with E-state index in [2.05, 4.69) is 26.3 Å². The summed E-state index contributed by atoms with van der Waals surface area (Å²) in [6.07, 6.45) is -1.35. The lowest BCUT2D eigenvalue weighted by Gasteiger charge is -2.13. The molecule has 0 aliphatic rings. The van der Waals surface area contributed by atoms with Crippen molar-refractivity contribution in [2.75, 3.05) is 5.32 Å². The molecule has 1 heterocycles. The molecule has 18 heavy (non-hydrogen) atoms. The van der Waals surface area contributed by atoms with Gasteiger partial charge in [-0.15, -0.1) is 0 Å². The van der Waals surface area contributed by atoms with Crippen LogP contribution in [0.3, 0.4) is 0 Å². The molecule has 1 N–H and O–H groups in total. The van der Waals surface area contributed by atoms with Gasteiger partial charge >= 0.3 is 6.18 Å². The van der Waals surface area contributed by atoms with Gasteiger partial charge in [0.25, 0.3) is 0 Å².